The largest absolute Gasteiger partial charge is 0.418 e. The van der Waals surface area contributed by atoms with Crippen molar-refractivity contribution in [3.63, 3.8) is 0 Å². The van der Waals surface area contributed by atoms with Gasteiger partial charge in [-0.1, -0.05) is 83.2 Å². The van der Waals surface area contributed by atoms with Crippen LogP contribution in [0.3, 0.4) is 0 Å². The van der Waals surface area contributed by atoms with E-state index in [0.717, 1.165) is 29.6 Å². The van der Waals surface area contributed by atoms with Crippen LogP contribution in [0.5, 0.6) is 0 Å². The molecule has 1 heterocycles. The van der Waals surface area contributed by atoms with Crippen molar-refractivity contribution in [3.05, 3.63) is 95.0 Å². The zero-order valence-corrected chi connectivity index (χ0v) is 19.6. The van der Waals surface area contributed by atoms with E-state index in [0.29, 0.717) is 15.0 Å². The van der Waals surface area contributed by atoms with E-state index in [1.54, 1.807) is 30.3 Å². The van der Waals surface area contributed by atoms with Gasteiger partial charge in [0.15, 0.2) is 4.34 Å². The number of anilines is 3. The van der Waals surface area contributed by atoms with Crippen LogP contribution in [-0.4, -0.2) is 16.1 Å². The summed E-state index contributed by atoms with van der Waals surface area (Å²) in [5.74, 6) is -0.628. The van der Waals surface area contributed by atoms with Gasteiger partial charge in [0.2, 0.25) is 11.0 Å². The van der Waals surface area contributed by atoms with Crippen molar-refractivity contribution in [3.8, 4) is 0 Å². The lowest BCUT2D eigenvalue weighted by molar-refractivity contribution is -0.137. The molecule has 0 saturated carbocycles. The summed E-state index contributed by atoms with van der Waals surface area (Å²) in [5.41, 5.74) is 0.0535. The zero-order chi connectivity index (χ0) is 24.1. The molecule has 0 fully saturated rings. The normalized spacial score (nSPS) is 12.2. The molecule has 0 unspecified atom stereocenters. The van der Waals surface area contributed by atoms with Crippen LogP contribution in [0.4, 0.5) is 29.7 Å². The summed E-state index contributed by atoms with van der Waals surface area (Å²) in [5, 5.41) is 13.4. The Labute approximate surface area is 206 Å². The van der Waals surface area contributed by atoms with Gasteiger partial charge in [-0.25, -0.2) is 0 Å². The molecule has 3 aromatic carbocycles. The molecular formula is C23H16ClF3N4OS2. The van der Waals surface area contributed by atoms with Crippen LogP contribution >= 0.6 is 34.7 Å². The van der Waals surface area contributed by atoms with E-state index in [-0.39, 0.29) is 10.7 Å². The Morgan fingerprint density at radius 2 is 1.65 bits per heavy atom. The predicted octanol–water partition coefficient (Wildman–Crippen LogP) is 7.43. The lowest BCUT2D eigenvalue weighted by atomic mass is 10.1. The summed E-state index contributed by atoms with van der Waals surface area (Å²) in [6.07, 6.45) is -4.68. The van der Waals surface area contributed by atoms with Crippen LogP contribution in [0.15, 0.2) is 83.2 Å². The number of carbonyl (C=O) groups is 1. The number of nitrogens with one attached hydrogen (secondary N) is 2. The minimum atomic E-state index is -4.68. The molecule has 34 heavy (non-hydrogen) atoms. The molecule has 0 bridgehead atoms. The topological polar surface area (TPSA) is 66.9 Å². The second-order valence-corrected chi connectivity index (χ2v) is 9.72. The van der Waals surface area contributed by atoms with Gasteiger partial charge in [-0.05, 0) is 35.9 Å². The van der Waals surface area contributed by atoms with Gasteiger partial charge in [-0.3, -0.25) is 4.79 Å². The first-order valence-corrected chi connectivity index (χ1v) is 11.9. The van der Waals surface area contributed by atoms with Gasteiger partial charge in [0, 0.05) is 10.7 Å². The Kier molecular flexibility index (Phi) is 7.40. The quantitative estimate of drug-likeness (QED) is 0.248. The molecule has 174 valence electrons. The first-order valence-electron chi connectivity index (χ1n) is 9.84. The number of thioether (sulfide) groups is 1. The van der Waals surface area contributed by atoms with Gasteiger partial charge in [0.25, 0.3) is 0 Å². The average Bonchev–Trinajstić information content (AvgIpc) is 3.26. The fourth-order valence-corrected chi connectivity index (χ4v) is 5.15. The number of benzene rings is 3. The minimum absolute atomic E-state index is 0.0772. The van der Waals surface area contributed by atoms with E-state index in [2.05, 4.69) is 20.8 Å². The highest BCUT2D eigenvalue weighted by Gasteiger charge is 2.35. The van der Waals surface area contributed by atoms with Crippen molar-refractivity contribution in [2.45, 2.75) is 15.8 Å². The highest BCUT2D eigenvalue weighted by atomic mass is 35.5. The summed E-state index contributed by atoms with van der Waals surface area (Å²) in [6, 6.07) is 21.4. The lowest BCUT2D eigenvalue weighted by Crippen LogP contribution is -2.21. The zero-order valence-electron chi connectivity index (χ0n) is 17.2. The number of aromatic nitrogens is 2. The van der Waals surface area contributed by atoms with Crippen LogP contribution in [0.25, 0.3) is 0 Å². The number of amides is 1. The second-order valence-electron chi connectivity index (χ2n) is 6.95. The molecule has 4 aromatic rings. The standard InChI is InChI=1S/C23H16ClF3N4OS2/c24-15-11-12-18(17(13-15)23(25,26)27)29-20(32)19(14-7-3-1-4-8-14)33-22-31-30-21(34-22)28-16-9-5-2-6-10-16/h1-13,19H,(H,28,30)(H,29,32)/t19-/m0/s1. The number of para-hydroxylation sites is 1. The van der Waals surface area contributed by atoms with E-state index >= 15 is 0 Å². The van der Waals surface area contributed by atoms with E-state index in [1.165, 1.54) is 17.4 Å². The first kappa shape index (κ1) is 24.1. The molecule has 0 spiro atoms. The number of halogens is 4. The molecular weight excluding hydrogens is 505 g/mol. The van der Waals surface area contributed by atoms with Gasteiger partial charge < -0.3 is 10.6 Å². The SMILES string of the molecule is O=C(Nc1ccc(Cl)cc1C(F)(F)F)[C@@H](Sc1nnc(Nc2ccccc2)s1)c1ccccc1. The molecule has 1 aromatic heterocycles. The minimum Gasteiger partial charge on any atom is -0.330 e. The number of carbonyl (C=O) groups excluding carboxylic acids is 1. The second kappa shape index (κ2) is 10.5. The lowest BCUT2D eigenvalue weighted by Gasteiger charge is -2.18. The summed E-state index contributed by atoms with van der Waals surface area (Å²) >= 11 is 8.09. The first-order chi connectivity index (χ1) is 16.3. The Hall–Kier alpha value is -3.08. The molecule has 0 saturated heterocycles. The Bertz CT molecular complexity index is 1270. The third kappa shape index (κ3) is 6.07. The molecule has 0 aliphatic rings. The van der Waals surface area contributed by atoms with E-state index in [4.69, 9.17) is 11.6 Å². The Morgan fingerprint density at radius 3 is 2.32 bits per heavy atom. The van der Waals surface area contributed by atoms with Crippen molar-refractivity contribution in [1.82, 2.24) is 10.2 Å². The summed E-state index contributed by atoms with van der Waals surface area (Å²) in [7, 11) is 0. The molecule has 0 aliphatic carbocycles. The molecule has 0 aliphatic heterocycles. The van der Waals surface area contributed by atoms with Crippen LogP contribution in [0, 0.1) is 0 Å². The fraction of sp³-hybridized carbons (Fsp3) is 0.0870. The third-order valence-corrected chi connectivity index (χ3v) is 6.95. The highest BCUT2D eigenvalue weighted by Crippen LogP contribution is 2.41. The summed E-state index contributed by atoms with van der Waals surface area (Å²) in [4.78, 5) is 13.2. The van der Waals surface area contributed by atoms with Gasteiger partial charge >= 0.3 is 6.18 Å². The number of rotatable bonds is 7. The summed E-state index contributed by atoms with van der Waals surface area (Å²) < 4.78 is 41.0. The molecule has 1 amide bonds. The van der Waals surface area contributed by atoms with Gasteiger partial charge in [0.1, 0.15) is 5.25 Å². The van der Waals surface area contributed by atoms with Gasteiger partial charge in [-0.15, -0.1) is 10.2 Å². The number of nitrogens with zero attached hydrogens (tertiary/aromatic N) is 2. The maximum atomic E-state index is 13.5. The Morgan fingerprint density at radius 1 is 0.971 bits per heavy atom. The molecule has 4 rings (SSSR count). The van der Waals surface area contributed by atoms with Crippen LogP contribution in [-0.2, 0) is 11.0 Å². The van der Waals surface area contributed by atoms with Crippen molar-refractivity contribution in [2.75, 3.05) is 10.6 Å². The van der Waals surface area contributed by atoms with Crippen molar-refractivity contribution in [1.29, 1.82) is 0 Å². The van der Waals surface area contributed by atoms with Gasteiger partial charge in [0.05, 0.1) is 11.3 Å². The molecule has 11 heteroatoms. The average molecular weight is 521 g/mol. The third-order valence-electron chi connectivity index (χ3n) is 4.54. The monoisotopic (exact) mass is 520 g/mol. The number of alkyl halides is 3. The maximum Gasteiger partial charge on any atom is 0.418 e. The van der Waals surface area contributed by atoms with Crippen LogP contribution < -0.4 is 10.6 Å². The maximum absolute atomic E-state index is 13.5. The summed E-state index contributed by atoms with van der Waals surface area (Å²) in [6.45, 7) is 0. The molecule has 5 nitrogen and oxygen atoms in total. The van der Waals surface area contributed by atoms with Crippen LogP contribution in [0.1, 0.15) is 16.4 Å². The highest BCUT2D eigenvalue weighted by molar-refractivity contribution is 8.02. The molecule has 2 N–H and O–H groups in total. The van der Waals surface area contributed by atoms with Gasteiger partial charge in [-0.2, -0.15) is 13.2 Å². The fourth-order valence-electron chi connectivity index (χ4n) is 3.01. The molecule has 0 radical (unpaired) electrons. The molecule has 1 atom stereocenters. The van der Waals surface area contributed by atoms with Crippen LogP contribution in [0.2, 0.25) is 5.02 Å². The Balaban J connectivity index is 1.58. The van der Waals surface area contributed by atoms with E-state index in [9.17, 15) is 18.0 Å². The van der Waals surface area contributed by atoms with E-state index < -0.39 is 22.9 Å². The number of hydrogen-bond donors (Lipinski definition) is 2. The smallest absolute Gasteiger partial charge is 0.330 e. The predicted molar refractivity (Wildman–Crippen MR) is 130 cm³/mol. The van der Waals surface area contributed by atoms with Crippen molar-refractivity contribution in [2.24, 2.45) is 0 Å². The van der Waals surface area contributed by atoms with Crippen molar-refractivity contribution < 1.29 is 18.0 Å². The number of hydrogen-bond acceptors (Lipinski definition) is 6. The van der Waals surface area contributed by atoms with Crippen molar-refractivity contribution >= 4 is 57.1 Å². The van der Waals surface area contributed by atoms with E-state index in [1.807, 2.05) is 30.3 Å².